The van der Waals surface area contributed by atoms with Gasteiger partial charge in [0.25, 0.3) is 0 Å². The van der Waals surface area contributed by atoms with E-state index in [4.69, 9.17) is 15.9 Å². The molecule has 0 radical (unpaired) electrons. The van der Waals surface area contributed by atoms with Crippen molar-refractivity contribution in [2.45, 2.75) is 25.8 Å². The Hall–Kier alpha value is -1.10. The molecule has 0 aromatic carbocycles. The molecule has 0 bridgehead atoms. The summed E-state index contributed by atoms with van der Waals surface area (Å²) < 4.78 is 0. The van der Waals surface area contributed by atoms with Crippen LogP contribution < -0.4 is 5.73 Å². The number of nitrogens with two attached hydrogens (primary N) is 1. The van der Waals surface area contributed by atoms with Gasteiger partial charge in [0.15, 0.2) is 0 Å². The fraction of sp³-hybridized carbons (Fsp3) is 0.714. The average Bonchev–Trinajstić information content (AvgIpc) is 1.98. The largest absolute Gasteiger partial charge is 0.481 e. The van der Waals surface area contributed by atoms with Gasteiger partial charge in [0.2, 0.25) is 0 Å². The standard InChI is InChI=1S/C7H13NO4/c1-2-4(6(9)10)3-5(8)7(11)12/h4-5H,2-3,8H2,1H3,(H,9,10)(H,11,12)/t4-,5+/m0/s1. The van der Waals surface area contributed by atoms with Gasteiger partial charge in [0, 0.05) is 0 Å². The SMILES string of the molecule is CC[C@@H](C[C@@H](N)C(=O)O)C(=O)O. The molecule has 0 unspecified atom stereocenters. The Labute approximate surface area is 70.2 Å². The van der Waals surface area contributed by atoms with Gasteiger partial charge in [-0.15, -0.1) is 0 Å². The highest BCUT2D eigenvalue weighted by molar-refractivity contribution is 5.75. The van der Waals surface area contributed by atoms with Crippen LogP contribution in [0.4, 0.5) is 0 Å². The van der Waals surface area contributed by atoms with Crippen LogP contribution in [0.1, 0.15) is 19.8 Å². The van der Waals surface area contributed by atoms with E-state index in [0.29, 0.717) is 6.42 Å². The number of carboxylic acids is 2. The lowest BCUT2D eigenvalue weighted by Gasteiger charge is -2.11. The number of carboxylic acid groups (broad SMARTS) is 2. The van der Waals surface area contributed by atoms with Crippen molar-refractivity contribution < 1.29 is 19.8 Å². The molecule has 4 N–H and O–H groups in total. The first kappa shape index (κ1) is 10.9. The van der Waals surface area contributed by atoms with Crippen LogP contribution in [0.3, 0.4) is 0 Å². The Balaban J connectivity index is 4.02. The summed E-state index contributed by atoms with van der Waals surface area (Å²) in [6.07, 6.45) is 0.386. The Morgan fingerprint density at radius 2 is 1.83 bits per heavy atom. The second-order valence-corrected chi connectivity index (χ2v) is 2.62. The smallest absolute Gasteiger partial charge is 0.320 e. The van der Waals surface area contributed by atoms with Crippen LogP contribution in [0, 0.1) is 5.92 Å². The van der Waals surface area contributed by atoms with Gasteiger partial charge in [0.05, 0.1) is 5.92 Å². The zero-order valence-electron chi connectivity index (χ0n) is 6.86. The molecular formula is C7H13NO4. The van der Waals surface area contributed by atoms with Crippen molar-refractivity contribution in [2.24, 2.45) is 11.7 Å². The van der Waals surface area contributed by atoms with Gasteiger partial charge in [-0.3, -0.25) is 9.59 Å². The fourth-order valence-corrected chi connectivity index (χ4v) is 0.849. The topological polar surface area (TPSA) is 101 Å². The number of hydrogen-bond donors (Lipinski definition) is 3. The van der Waals surface area contributed by atoms with E-state index in [1.807, 2.05) is 0 Å². The molecule has 0 fully saturated rings. The Kier molecular flexibility index (Phi) is 4.28. The minimum absolute atomic E-state index is 0.0127. The minimum atomic E-state index is -1.16. The molecule has 0 amide bonds. The van der Waals surface area contributed by atoms with Gasteiger partial charge < -0.3 is 15.9 Å². The number of rotatable bonds is 5. The summed E-state index contributed by atoms with van der Waals surface area (Å²) >= 11 is 0. The van der Waals surface area contributed by atoms with Crippen molar-refractivity contribution in [3.63, 3.8) is 0 Å². The normalized spacial score (nSPS) is 15.2. The third-order valence-corrected chi connectivity index (χ3v) is 1.70. The summed E-state index contributed by atoms with van der Waals surface area (Å²) in [7, 11) is 0. The maximum atomic E-state index is 10.4. The lowest BCUT2D eigenvalue weighted by Crippen LogP contribution is -2.34. The second-order valence-electron chi connectivity index (χ2n) is 2.62. The van der Waals surface area contributed by atoms with E-state index < -0.39 is 23.9 Å². The summed E-state index contributed by atoms with van der Waals surface area (Å²) in [5, 5.41) is 16.9. The van der Waals surface area contributed by atoms with E-state index >= 15 is 0 Å². The zero-order chi connectivity index (χ0) is 9.72. The first-order valence-corrected chi connectivity index (χ1v) is 3.70. The van der Waals surface area contributed by atoms with Crippen molar-refractivity contribution in [3.05, 3.63) is 0 Å². The van der Waals surface area contributed by atoms with E-state index in [9.17, 15) is 9.59 Å². The van der Waals surface area contributed by atoms with Crippen LogP contribution in [0.25, 0.3) is 0 Å². The number of hydrogen-bond acceptors (Lipinski definition) is 3. The third-order valence-electron chi connectivity index (χ3n) is 1.70. The highest BCUT2D eigenvalue weighted by Gasteiger charge is 2.22. The van der Waals surface area contributed by atoms with Crippen molar-refractivity contribution in [1.29, 1.82) is 0 Å². The van der Waals surface area contributed by atoms with Crippen molar-refractivity contribution in [3.8, 4) is 0 Å². The van der Waals surface area contributed by atoms with Gasteiger partial charge in [-0.1, -0.05) is 6.92 Å². The first-order valence-electron chi connectivity index (χ1n) is 3.70. The molecule has 0 aliphatic heterocycles. The van der Waals surface area contributed by atoms with Gasteiger partial charge in [-0.05, 0) is 12.8 Å². The minimum Gasteiger partial charge on any atom is -0.481 e. The molecule has 0 aliphatic rings. The summed E-state index contributed by atoms with van der Waals surface area (Å²) in [5.74, 6) is -2.81. The maximum Gasteiger partial charge on any atom is 0.320 e. The van der Waals surface area contributed by atoms with Gasteiger partial charge >= 0.3 is 11.9 Å². The Morgan fingerprint density at radius 1 is 1.33 bits per heavy atom. The molecule has 0 aliphatic carbocycles. The molecule has 70 valence electrons. The molecule has 0 saturated carbocycles. The van der Waals surface area contributed by atoms with Gasteiger partial charge in [-0.2, -0.15) is 0 Å². The summed E-state index contributed by atoms with van der Waals surface area (Å²) in [6.45, 7) is 1.69. The lowest BCUT2D eigenvalue weighted by atomic mass is 9.98. The predicted molar refractivity (Wildman–Crippen MR) is 41.6 cm³/mol. The van der Waals surface area contributed by atoms with Crippen LogP contribution in [0.5, 0.6) is 0 Å². The van der Waals surface area contributed by atoms with Crippen LogP contribution in [-0.4, -0.2) is 28.2 Å². The van der Waals surface area contributed by atoms with Crippen molar-refractivity contribution in [1.82, 2.24) is 0 Å². The molecule has 2 atom stereocenters. The average molecular weight is 175 g/mol. The van der Waals surface area contributed by atoms with E-state index in [-0.39, 0.29) is 6.42 Å². The van der Waals surface area contributed by atoms with E-state index in [1.54, 1.807) is 6.92 Å². The number of aliphatic carboxylic acids is 2. The van der Waals surface area contributed by atoms with Crippen molar-refractivity contribution >= 4 is 11.9 Å². The highest BCUT2D eigenvalue weighted by atomic mass is 16.4. The molecule has 5 nitrogen and oxygen atoms in total. The van der Waals surface area contributed by atoms with Crippen LogP contribution >= 0.6 is 0 Å². The summed E-state index contributed by atoms with van der Waals surface area (Å²) in [5.41, 5.74) is 5.17. The third kappa shape index (κ3) is 3.34. The molecule has 0 spiro atoms. The molecule has 0 aromatic rings. The molecule has 0 saturated heterocycles. The molecule has 12 heavy (non-hydrogen) atoms. The van der Waals surface area contributed by atoms with Crippen LogP contribution in [0.15, 0.2) is 0 Å². The Morgan fingerprint density at radius 3 is 2.08 bits per heavy atom. The first-order chi connectivity index (χ1) is 5.49. The van der Waals surface area contributed by atoms with E-state index in [1.165, 1.54) is 0 Å². The molecule has 0 rings (SSSR count). The summed E-state index contributed by atoms with van der Waals surface area (Å²) in [4.78, 5) is 20.7. The predicted octanol–water partition coefficient (Wildman–Crippen LogP) is -0.101. The second kappa shape index (κ2) is 4.71. The lowest BCUT2D eigenvalue weighted by molar-refractivity contribution is -0.143. The number of carbonyl (C=O) groups is 2. The molecule has 5 heteroatoms. The van der Waals surface area contributed by atoms with Gasteiger partial charge in [-0.25, -0.2) is 0 Å². The quantitative estimate of drug-likeness (QED) is 0.541. The summed E-state index contributed by atoms with van der Waals surface area (Å²) in [6, 6.07) is -1.08. The zero-order valence-corrected chi connectivity index (χ0v) is 6.86. The molecule has 0 heterocycles. The van der Waals surface area contributed by atoms with Gasteiger partial charge in [0.1, 0.15) is 6.04 Å². The van der Waals surface area contributed by atoms with Crippen molar-refractivity contribution in [2.75, 3.05) is 0 Å². The monoisotopic (exact) mass is 175 g/mol. The van der Waals surface area contributed by atoms with Crippen LogP contribution in [-0.2, 0) is 9.59 Å². The van der Waals surface area contributed by atoms with E-state index in [0.717, 1.165) is 0 Å². The van der Waals surface area contributed by atoms with E-state index in [2.05, 4.69) is 0 Å². The highest BCUT2D eigenvalue weighted by Crippen LogP contribution is 2.10. The Bertz CT molecular complexity index is 180. The molecular weight excluding hydrogens is 162 g/mol. The van der Waals surface area contributed by atoms with Crippen LogP contribution in [0.2, 0.25) is 0 Å². The molecule has 0 aromatic heterocycles. The maximum absolute atomic E-state index is 10.4. The fourth-order valence-electron chi connectivity index (χ4n) is 0.849.